The fraction of sp³-hybridized carbons (Fsp3) is 0.579. The molecule has 27 heavy (non-hydrogen) atoms. The van der Waals surface area contributed by atoms with Gasteiger partial charge in [0.2, 0.25) is 0 Å². The minimum Gasteiger partial charge on any atom is -0.497 e. The van der Waals surface area contributed by atoms with Crippen LogP contribution in [0.2, 0.25) is 0 Å². The summed E-state index contributed by atoms with van der Waals surface area (Å²) in [5.41, 5.74) is 0.821. The van der Waals surface area contributed by atoms with E-state index in [-0.39, 0.29) is 34.6 Å². The maximum Gasteiger partial charge on any atom is 0.251 e. The molecule has 0 spiro atoms. The summed E-state index contributed by atoms with van der Waals surface area (Å²) in [4.78, 5) is 19.1. The Hall–Kier alpha value is -1.54. The molecule has 3 fully saturated rings. The molecule has 1 saturated carbocycles. The number of sulfone groups is 1. The quantitative estimate of drug-likeness (QED) is 0.765. The molecular weight excluding hydrogens is 384 g/mol. The van der Waals surface area contributed by atoms with Gasteiger partial charge >= 0.3 is 0 Å². The number of fused-ring (bicyclic) bond motifs is 1. The van der Waals surface area contributed by atoms with Crippen molar-refractivity contribution in [2.24, 2.45) is 10.9 Å². The van der Waals surface area contributed by atoms with E-state index >= 15 is 0 Å². The lowest BCUT2D eigenvalue weighted by atomic mass is 9.89. The maximum absolute atomic E-state index is 12.7. The highest BCUT2D eigenvalue weighted by Gasteiger charge is 2.49. The summed E-state index contributed by atoms with van der Waals surface area (Å²) in [5, 5.41) is 0.544. The van der Waals surface area contributed by atoms with Gasteiger partial charge in [0, 0.05) is 22.9 Å². The first-order chi connectivity index (χ1) is 13.0. The van der Waals surface area contributed by atoms with Crippen LogP contribution in [0.15, 0.2) is 29.3 Å². The topological polar surface area (TPSA) is 76.0 Å². The van der Waals surface area contributed by atoms with Crippen molar-refractivity contribution in [2.75, 3.05) is 23.5 Å². The van der Waals surface area contributed by atoms with Crippen LogP contribution in [0.4, 0.5) is 5.69 Å². The first-order valence-electron chi connectivity index (χ1n) is 9.40. The largest absolute Gasteiger partial charge is 0.497 e. The summed E-state index contributed by atoms with van der Waals surface area (Å²) >= 11 is 1.43. The highest BCUT2D eigenvalue weighted by atomic mass is 32.2. The number of carbonyl (C=O) groups excluding carboxylic acids is 1. The summed E-state index contributed by atoms with van der Waals surface area (Å²) in [6.07, 6.45) is 5.16. The molecule has 2 saturated heterocycles. The molecule has 1 aromatic carbocycles. The van der Waals surface area contributed by atoms with Gasteiger partial charge in [0.1, 0.15) is 5.75 Å². The van der Waals surface area contributed by atoms with E-state index in [0.717, 1.165) is 31.4 Å². The molecule has 146 valence electrons. The first kappa shape index (κ1) is 18.8. The standard InChI is InChI=1S/C19H24N2O4S2/c1-25-15-9-5-8-14(10-15)21-16-11-27(23,24)12-17(16)26-19(21)20-18(22)13-6-3-2-4-7-13/h5,8-10,13,16-17H,2-4,6-7,11-12H2,1H3/t16-,17-/m0/s1. The minimum atomic E-state index is -3.07. The van der Waals surface area contributed by atoms with Crippen molar-refractivity contribution in [1.82, 2.24) is 0 Å². The highest BCUT2D eigenvalue weighted by Crippen LogP contribution is 2.42. The zero-order valence-corrected chi connectivity index (χ0v) is 17.0. The lowest BCUT2D eigenvalue weighted by molar-refractivity contribution is -0.122. The SMILES string of the molecule is COc1cccc(N2C(=NC(=O)C3CCCCC3)S[C@H]3CS(=O)(=O)C[C@@H]32)c1. The Kier molecular flexibility index (Phi) is 5.20. The number of amidine groups is 1. The van der Waals surface area contributed by atoms with Crippen LogP contribution < -0.4 is 9.64 Å². The highest BCUT2D eigenvalue weighted by molar-refractivity contribution is 8.16. The van der Waals surface area contributed by atoms with Crippen LogP contribution in [0, 0.1) is 5.92 Å². The van der Waals surface area contributed by atoms with Crippen LogP contribution in [-0.4, -0.2) is 49.4 Å². The molecule has 0 N–H and O–H groups in total. The van der Waals surface area contributed by atoms with Crippen molar-refractivity contribution in [1.29, 1.82) is 0 Å². The monoisotopic (exact) mass is 408 g/mol. The molecule has 2 heterocycles. The number of nitrogens with zero attached hydrogens (tertiary/aromatic N) is 2. The number of carbonyl (C=O) groups is 1. The molecule has 1 amide bonds. The first-order valence-corrected chi connectivity index (χ1v) is 12.1. The number of anilines is 1. The number of ether oxygens (including phenoxy) is 1. The molecule has 1 aromatic rings. The van der Waals surface area contributed by atoms with E-state index in [4.69, 9.17) is 4.74 Å². The molecule has 3 aliphatic rings. The minimum absolute atomic E-state index is 0.00295. The Morgan fingerprint density at radius 1 is 1.22 bits per heavy atom. The van der Waals surface area contributed by atoms with Crippen LogP contribution >= 0.6 is 11.8 Å². The van der Waals surface area contributed by atoms with E-state index in [0.29, 0.717) is 10.9 Å². The third kappa shape index (κ3) is 3.87. The number of amides is 1. The van der Waals surface area contributed by atoms with Gasteiger partial charge in [0.05, 0.1) is 24.7 Å². The van der Waals surface area contributed by atoms with Crippen LogP contribution in [0.3, 0.4) is 0 Å². The number of rotatable bonds is 3. The predicted molar refractivity (Wildman–Crippen MR) is 108 cm³/mol. The summed E-state index contributed by atoms with van der Waals surface area (Å²) in [6, 6.07) is 7.31. The van der Waals surface area contributed by atoms with Gasteiger partial charge in [-0.05, 0) is 25.0 Å². The van der Waals surface area contributed by atoms with Crippen LogP contribution in [0.1, 0.15) is 32.1 Å². The van der Waals surface area contributed by atoms with Gasteiger partial charge in [-0.3, -0.25) is 4.79 Å². The Labute approximate surface area is 164 Å². The zero-order chi connectivity index (χ0) is 19.0. The molecule has 2 aliphatic heterocycles. The molecule has 0 unspecified atom stereocenters. The van der Waals surface area contributed by atoms with E-state index in [2.05, 4.69) is 4.99 Å². The van der Waals surface area contributed by atoms with Gasteiger partial charge in [0.15, 0.2) is 15.0 Å². The summed E-state index contributed by atoms with van der Waals surface area (Å²) in [6.45, 7) is 0. The van der Waals surface area contributed by atoms with Crippen molar-refractivity contribution < 1.29 is 17.9 Å². The molecule has 1 aliphatic carbocycles. The summed E-state index contributed by atoms with van der Waals surface area (Å²) in [5.74, 6) is 0.869. The molecule has 0 aromatic heterocycles. The van der Waals surface area contributed by atoms with Gasteiger partial charge in [-0.15, -0.1) is 0 Å². The number of aliphatic imine (C=N–C) groups is 1. The maximum atomic E-state index is 12.7. The van der Waals surface area contributed by atoms with Crippen molar-refractivity contribution in [3.05, 3.63) is 24.3 Å². The van der Waals surface area contributed by atoms with Crippen LogP contribution in [0.5, 0.6) is 5.75 Å². The Bertz CT molecular complexity index is 862. The Balaban J connectivity index is 1.67. The predicted octanol–water partition coefficient (Wildman–Crippen LogP) is 2.88. The normalized spacial score (nSPS) is 29.1. The number of hydrogen-bond acceptors (Lipinski definition) is 5. The van der Waals surface area contributed by atoms with E-state index in [1.54, 1.807) is 7.11 Å². The smallest absolute Gasteiger partial charge is 0.251 e. The van der Waals surface area contributed by atoms with Gasteiger partial charge in [-0.2, -0.15) is 4.99 Å². The van der Waals surface area contributed by atoms with Crippen molar-refractivity contribution in [2.45, 2.75) is 43.4 Å². The number of benzene rings is 1. The van der Waals surface area contributed by atoms with Crippen LogP contribution in [0.25, 0.3) is 0 Å². The lowest BCUT2D eigenvalue weighted by Gasteiger charge is -2.25. The zero-order valence-electron chi connectivity index (χ0n) is 15.3. The average Bonchev–Trinajstić information content (AvgIpc) is 3.13. The van der Waals surface area contributed by atoms with Crippen molar-refractivity contribution in [3.63, 3.8) is 0 Å². The van der Waals surface area contributed by atoms with E-state index in [1.165, 1.54) is 18.2 Å². The second-order valence-corrected chi connectivity index (χ2v) is 10.8. The number of hydrogen-bond donors (Lipinski definition) is 0. The van der Waals surface area contributed by atoms with E-state index in [1.807, 2.05) is 29.2 Å². The molecular formula is C19H24N2O4S2. The van der Waals surface area contributed by atoms with E-state index in [9.17, 15) is 13.2 Å². The van der Waals surface area contributed by atoms with Gasteiger partial charge in [-0.1, -0.05) is 37.1 Å². The van der Waals surface area contributed by atoms with Crippen molar-refractivity contribution in [3.8, 4) is 5.75 Å². The van der Waals surface area contributed by atoms with Gasteiger partial charge in [0.25, 0.3) is 5.91 Å². The molecule has 0 radical (unpaired) electrons. The summed E-state index contributed by atoms with van der Waals surface area (Å²) in [7, 11) is -1.47. The van der Waals surface area contributed by atoms with Crippen LogP contribution in [-0.2, 0) is 14.6 Å². The second kappa shape index (κ2) is 7.47. The average molecular weight is 409 g/mol. The molecule has 4 rings (SSSR count). The Morgan fingerprint density at radius 3 is 2.74 bits per heavy atom. The van der Waals surface area contributed by atoms with Gasteiger partial charge in [-0.25, -0.2) is 8.42 Å². The Morgan fingerprint density at radius 2 is 2.00 bits per heavy atom. The number of thioether (sulfide) groups is 1. The number of methoxy groups -OCH3 is 1. The fourth-order valence-electron chi connectivity index (χ4n) is 4.16. The molecule has 8 heteroatoms. The molecule has 0 bridgehead atoms. The van der Waals surface area contributed by atoms with Gasteiger partial charge < -0.3 is 9.64 Å². The summed E-state index contributed by atoms with van der Waals surface area (Å²) < 4.78 is 29.6. The third-order valence-electron chi connectivity index (χ3n) is 5.56. The second-order valence-electron chi connectivity index (χ2n) is 7.44. The van der Waals surface area contributed by atoms with E-state index < -0.39 is 9.84 Å². The third-order valence-corrected chi connectivity index (χ3v) is 8.77. The van der Waals surface area contributed by atoms with Crippen molar-refractivity contribution >= 4 is 38.4 Å². The molecule has 6 nitrogen and oxygen atoms in total. The lowest BCUT2D eigenvalue weighted by Crippen LogP contribution is -2.38. The molecule has 2 atom stereocenters. The fourth-order valence-corrected chi connectivity index (χ4v) is 8.08.